The van der Waals surface area contributed by atoms with Gasteiger partial charge in [0, 0.05) is 0 Å². The molecule has 1 aromatic heterocycles. The zero-order valence-electron chi connectivity index (χ0n) is 10.8. The lowest BCUT2D eigenvalue weighted by Crippen LogP contribution is -2.66. The lowest BCUT2D eigenvalue weighted by Gasteiger charge is -2.48. The second-order valence-corrected chi connectivity index (χ2v) is 5.14. The van der Waals surface area contributed by atoms with Crippen LogP contribution in [0.4, 0.5) is 5.82 Å². The summed E-state index contributed by atoms with van der Waals surface area (Å²) in [6, 6.07) is 1.24. The first-order valence-corrected chi connectivity index (χ1v) is 6.00. The van der Waals surface area contributed by atoms with E-state index in [9.17, 15) is 20.0 Å². The summed E-state index contributed by atoms with van der Waals surface area (Å²) in [7, 11) is 0. The molecule has 0 unspecified atom stereocenters. The Balaban J connectivity index is 1.91. The Kier molecular flexibility index (Phi) is 3.27. The number of amides is 1. The van der Waals surface area contributed by atoms with Gasteiger partial charge in [0.05, 0.1) is 30.5 Å². The van der Waals surface area contributed by atoms with Gasteiger partial charge in [-0.05, 0) is 10.8 Å². The number of nitrogens with zero attached hydrogens (tertiary/aromatic N) is 4. The van der Waals surface area contributed by atoms with Crippen molar-refractivity contribution < 1.29 is 14.8 Å². The quantitative estimate of drug-likeness (QED) is 0.612. The van der Waals surface area contributed by atoms with Gasteiger partial charge in [-0.1, -0.05) is 13.8 Å². The highest BCUT2D eigenvalue weighted by molar-refractivity contribution is 5.77. The molecular formula is C11H16N4O4. The molecule has 2 heterocycles. The maximum atomic E-state index is 11.9. The van der Waals surface area contributed by atoms with Crippen molar-refractivity contribution in [2.24, 2.45) is 5.92 Å². The van der Waals surface area contributed by atoms with E-state index in [4.69, 9.17) is 0 Å². The van der Waals surface area contributed by atoms with Gasteiger partial charge in [-0.2, -0.15) is 4.68 Å². The number of aromatic nitrogens is 2. The molecule has 1 fully saturated rings. The molecule has 0 saturated carbocycles. The normalized spacial score (nSPS) is 17.4. The predicted molar refractivity (Wildman–Crippen MR) is 65.2 cm³/mol. The fourth-order valence-electron chi connectivity index (χ4n) is 1.93. The Hall–Kier alpha value is -1.96. The summed E-state index contributed by atoms with van der Waals surface area (Å²) in [5.41, 5.74) is -0.814. The minimum Gasteiger partial charge on any atom is -0.386 e. The van der Waals surface area contributed by atoms with Gasteiger partial charge < -0.3 is 20.1 Å². The first-order valence-electron chi connectivity index (χ1n) is 6.00. The molecule has 0 aliphatic carbocycles. The van der Waals surface area contributed by atoms with Gasteiger partial charge in [-0.15, -0.1) is 0 Å². The zero-order chi connectivity index (χ0) is 14.2. The number of likely N-dealkylation sites (tertiary alicyclic amines) is 1. The van der Waals surface area contributed by atoms with Gasteiger partial charge in [-0.3, -0.25) is 4.79 Å². The van der Waals surface area contributed by atoms with Gasteiger partial charge in [0.15, 0.2) is 0 Å². The van der Waals surface area contributed by atoms with Gasteiger partial charge in [0.2, 0.25) is 5.91 Å². The molecule has 8 heteroatoms. The first-order chi connectivity index (χ1) is 8.82. The van der Waals surface area contributed by atoms with Crippen molar-refractivity contribution in [3.63, 3.8) is 0 Å². The second-order valence-electron chi connectivity index (χ2n) is 5.14. The van der Waals surface area contributed by atoms with E-state index in [0.29, 0.717) is 13.1 Å². The van der Waals surface area contributed by atoms with Crippen molar-refractivity contribution >= 4 is 11.7 Å². The Labute approximate surface area is 109 Å². The average molecular weight is 268 g/mol. The van der Waals surface area contributed by atoms with E-state index in [1.54, 1.807) is 0 Å². The summed E-state index contributed by atoms with van der Waals surface area (Å²) in [6.45, 7) is 4.35. The molecule has 0 radical (unpaired) electrons. The fraction of sp³-hybridized carbons (Fsp3) is 0.636. The molecule has 1 amide bonds. The highest BCUT2D eigenvalue weighted by atomic mass is 16.6. The molecule has 19 heavy (non-hydrogen) atoms. The number of rotatable bonds is 4. The van der Waals surface area contributed by atoms with E-state index in [0.717, 1.165) is 0 Å². The van der Waals surface area contributed by atoms with Crippen molar-refractivity contribution in [2.45, 2.75) is 26.0 Å². The molecule has 0 spiro atoms. The second kappa shape index (κ2) is 4.61. The molecule has 1 aromatic rings. The third-order valence-corrected chi connectivity index (χ3v) is 3.47. The Morgan fingerprint density at radius 3 is 2.74 bits per heavy atom. The van der Waals surface area contributed by atoms with E-state index in [-0.39, 0.29) is 24.2 Å². The number of carbonyl (C=O) groups excluding carboxylic acids is 1. The Morgan fingerprint density at radius 1 is 1.63 bits per heavy atom. The molecule has 1 aliphatic rings. The lowest BCUT2D eigenvalue weighted by atomic mass is 9.83. The molecule has 0 atom stereocenters. The molecule has 2 rings (SSSR count). The summed E-state index contributed by atoms with van der Waals surface area (Å²) in [4.78, 5) is 23.2. The summed E-state index contributed by atoms with van der Waals surface area (Å²) in [5, 5.41) is 24.2. The first kappa shape index (κ1) is 13.5. The summed E-state index contributed by atoms with van der Waals surface area (Å²) in [5.74, 6) is -0.402. The molecule has 0 bridgehead atoms. The Bertz CT molecular complexity index is 505. The monoisotopic (exact) mass is 268 g/mol. The lowest BCUT2D eigenvalue weighted by molar-refractivity contribution is -0.389. The number of β-amino-alcohol motifs (C(OH)–C–C–N with tert-alkyl or cyclic N) is 1. The smallest absolute Gasteiger partial charge is 0.386 e. The van der Waals surface area contributed by atoms with Crippen LogP contribution in [0.1, 0.15) is 13.8 Å². The summed E-state index contributed by atoms with van der Waals surface area (Å²) < 4.78 is 1.23. The average Bonchev–Trinajstić information content (AvgIpc) is 2.72. The molecular weight excluding hydrogens is 252 g/mol. The zero-order valence-corrected chi connectivity index (χ0v) is 10.8. The number of nitro groups is 1. The van der Waals surface area contributed by atoms with Gasteiger partial charge in [0.25, 0.3) is 0 Å². The predicted octanol–water partition coefficient (Wildman–Crippen LogP) is 0.0206. The third-order valence-electron chi connectivity index (χ3n) is 3.47. The Morgan fingerprint density at radius 2 is 2.26 bits per heavy atom. The van der Waals surface area contributed by atoms with Crippen LogP contribution in [0.15, 0.2) is 12.3 Å². The van der Waals surface area contributed by atoms with Crippen LogP contribution in [0, 0.1) is 16.0 Å². The van der Waals surface area contributed by atoms with E-state index >= 15 is 0 Å². The number of hydrogen-bond acceptors (Lipinski definition) is 5. The standard InChI is InChI=1S/C11H16N4O4/c1-8(2)11(17)6-13(7-11)10(16)5-14-4-3-9(12-14)15(18)19/h3-4,8,17H,5-7H2,1-2H3. The third kappa shape index (κ3) is 2.58. The summed E-state index contributed by atoms with van der Waals surface area (Å²) in [6.07, 6.45) is 1.39. The fourth-order valence-corrected chi connectivity index (χ4v) is 1.93. The minimum atomic E-state index is -0.814. The largest absolute Gasteiger partial charge is 0.389 e. The molecule has 1 aliphatic heterocycles. The van der Waals surface area contributed by atoms with Gasteiger partial charge in [-0.25, -0.2) is 0 Å². The van der Waals surface area contributed by atoms with Crippen molar-refractivity contribution in [2.75, 3.05) is 13.1 Å². The van der Waals surface area contributed by atoms with Gasteiger partial charge >= 0.3 is 5.82 Å². The van der Waals surface area contributed by atoms with Crippen LogP contribution >= 0.6 is 0 Å². The van der Waals surface area contributed by atoms with Crippen LogP contribution in [-0.2, 0) is 11.3 Å². The van der Waals surface area contributed by atoms with Crippen LogP contribution in [-0.4, -0.2) is 49.3 Å². The minimum absolute atomic E-state index is 0.0536. The number of aliphatic hydroxyl groups is 1. The van der Waals surface area contributed by atoms with Crippen molar-refractivity contribution in [1.29, 1.82) is 0 Å². The molecule has 1 saturated heterocycles. The maximum Gasteiger partial charge on any atom is 0.389 e. The van der Waals surface area contributed by atoms with Crippen LogP contribution in [0.5, 0.6) is 0 Å². The van der Waals surface area contributed by atoms with Gasteiger partial charge in [0.1, 0.15) is 12.1 Å². The molecule has 104 valence electrons. The number of carbonyl (C=O) groups is 1. The van der Waals surface area contributed by atoms with E-state index in [1.807, 2.05) is 13.8 Å². The van der Waals surface area contributed by atoms with E-state index in [1.165, 1.54) is 21.8 Å². The van der Waals surface area contributed by atoms with Crippen LogP contribution in [0.25, 0.3) is 0 Å². The molecule has 1 N–H and O–H groups in total. The van der Waals surface area contributed by atoms with Crippen LogP contribution in [0.3, 0.4) is 0 Å². The molecule has 8 nitrogen and oxygen atoms in total. The highest BCUT2D eigenvalue weighted by Crippen LogP contribution is 2.28. The van der Waals surface area contributed by atoms with Crippen molar-refractivity contribution in [3.05, 3.63) is 22.4 Å². The highest BCUT2D eigenvalue weighted by Gasteiger charge is 2.45. The topological polar surface area (TPSA) is 102 Å². The van der Waals surface area contributed by atoms with Crippen molar-refractivity contribution in [3.8, 4) is 0 Å². The summed E-state index contributed by atoms with van der Waals surface area (Å²) >= 11 is 0. The maximum absolute atomic E-state index is 11.9. The van der Waals surface area contributed by atoms with Crippen LogP contribution in [0.2, 0.25) is 0 Å². The van der Waals surface area contributed by atoms with E-state index in [2.05, 4.69) is 5.10 Å². The van der Waals surface area contributed by atoms with Crippen molar-refractivity contribution in [1.82, 2.24) is 14.7 Å². The SMILES string of the molecule is CC(C)C1(O)CN(C(=O)Cn2ccc([N+](=O)[O-])n2)C1. The molecule has 0 aromatic carbocycles. The number of hydrogen-bond donors (Lipinski definition) is 1. The van der Waals surface area contributed by atoms with Crippen LogP contribution < -0.4 is 0 Å². The van der Waals surface area contributed by atoms with E-state index < -0.39 is 10.5 Å².